The molecule has 0 aliphatic heterocycles. The number of carbonyl (C=O) groups excluding carboxylic acids is 2. The molecule has 7 heteroatoms. The van der Waals surface area contributed by atoms with Crippen molar-refractivity contribution >= 4 is 28.2 Å². The maximum atomic E-state index is 12.8. The first-order valence-corrected chi connectivity index (χ1v) is 10.7. The second kappa shape index (κ2) is 8.65. The minimum atomic E-state index is -0.709. The summed E-state index contributed by atoms with van der Waals surface area (Å²) in [6, 6.07) is 20.0. The van der Waals surface area contributed by atoms with E-state index in [9.17, 15) is 9.59 Å². The van der Waals surface area contributed by atoms with Crippen LogP contribution in [-0.2, 0) is 18.3 Å². The normalized spacial score (nSPS) is 10.8. The minimum Gasteiger partial charge on any atom is -0.295 e. The smallest absolute Gasteiger partial charge is 0.295 e. The van der Waals surface area contributed by atoms with Crippen molar-refractivity contribution in [2.45, 2.75) is 20.3 Å². The number of Topliss-reactive ketones (excluding diaryl/α,β-unsaturated/α-hetero) is 1. The van der Waals surface area contributed by atoms with Gasteiger partial charge in [0.2, 0.25) is 0 Å². The number of thiazole rings is 1. The summed E-state index contributed by atoms with van der Waals surface area (Å²) in [4.78, 5) is 31.1. The van der Waals surface area contributed by atoms with Gasteiger partial charge in [0.25, 0.3) is 11.7 Å². The van der Waals surface area contributed by atoms with Gasteiger partial charge in [0.15, 0.2) is 5.13 Å². The number of nitrogens with one attached hydrogen (secondary N) is 1. The van der Waals surface area contributed by atoms with Gasteiger partial charge >= 0.3 is 0 Å². The number of benzene rings is 2. The second-order valence-electron chi connectivity index (χ2n) is 7.28. The molecule has 6 nitrogen and oxygen atoms in total. The second-order valence-corrected chi connectivity index (χ2v) is 8.27. The van der Waals surface area contributed by atoms with Crippen LogP contribution < -0.4 is 5.32 Å². The summed E-state index contributed by atoms with van der Waals surface area (Å²) < 4.78 is 1.60. The number of ketones is 1. The fourth-order valence-corrected chi connectivity index (χ4v) is 4.48. The third-order valence-electron chi connectivity index (χ3n) is 5.11. The zero-order valence-corrected chi connectivity index (χ0v) is 18.4. The highest BCUT2D eigenvalue weighted by Gasteiger charge is 2.25. The van der Waals surface area contributed by atoms with Gasteiger partial charge in [-0.15, -0.1) is 0 Å². The van der Waals surface area contributed by atoms with Gasteiger partial charge in [0.1, 0.15) is 0 Å². The van der Waals surface area contributed by atoms with E-state index in [1.54, 1.807) is 25.6 Å². The molecule has 0 aliphatic rings. The molecule has 2 aromatic heterocycles. The average Bonchev–Trinajstić information content (AvgIpc) is 3.28. The monoisotopic (exact) mass is 430 g/mol. The number of nitrogens with zero attached hydrogens (tertiary/aromatic N) is 3. The van der Waals surface area contributed by atoms with Crippen LogP contribution in [0.2, 0.25) is 0 Å². The average molecular weight is 431 g/mol. The van der Waals surface area contributed by atoms with Gasteiger partial charge in [0.05, 0.1) is 21.8 Å². The molecule has 2 heterocycles. The molecule has 0 saturated carbocycles. The summed E-state index contributed by atoms with van der Waals surface area (Å²) in [6.45, 7) is 3.50. The quantitative estimate of drug-likeness (QED) is 0.359. The van der Waals surface area contributed by atoms with Crippen LogP contribution in [-0.4, -0.2) is 26.5 Å². The highest BCUT2D eigenvalue weighted by molar-refractivity contribution is 7.19. The zero-order chi connectivity index (χ0) is 22.0. The fraction of sp³-hybridized carbons (Fsp3) is 0.167. The molecule has 0 saturated heterocycles. The highest BCUT2D eigenvalue weighted by Crippen LogP contribution is 2.34. The molecule has 0 aliphatic carbocycles. The summed E-state index contributed by atoms with van der Waals surface area (Å²) in [7, 11) is 1.75. The lowest BCUT2D eigenvalue weighted by Crippen LogP contribution is -2.24. The number of amides is 1. The molecular weight excluding hydrogens is 408 g/mol. The first-order chi connectivity index (χ1) is 14.9. The van der Waals surface area contributed by atoms with E-state index in [0.29, 0.717) is 28.5 Å². The van der Waals surface area contributed by atoms with E-state index >= 15 is 0 Å². The Hall–Kier alpha value is -3.58. The molecule has 4 aromatic rings. The third-order valence-corrected chi connectivity index (χ3v) is 6.17. The lowest BCUT2D eigenvalue weighted by Gasteiger charge is -2.02. The van der Waals surface area contributed by atoms with Crippen molar-refractivity contribution in [2.24, 2.45) is 7.05 Å². The zero-order valence-electron chi connectivity index (χ0n) is 17.5. The molecule has 0 fully saturated rings. The molecule has 0 spiro atoms. The Bertz CT molecular complexity index is 1240. The molecule has 4 rings (SSSR count). The molecule has 31 heavy (non-hydrogen) atoms. The van der Waals surface area contributed by atoms with Gasteiger partial charge in [0, 0.05) is 19.2 Å². The SMILES string of the molecule is Cc1nn(C)c(C)c1C(=O)C(=O)Nc1nc(Cc2ccccc2)c(-c2ccccc2)s1. The van der Waals surface area contributed by atoms with Gasteiger partial charge in [-0.2, -0.15) is 5.10 Å². The van der Waals surface area contributed by atoms with Crippen molar-refractivity contribution in [3.63, 3.8) is 0 Å². The number of hydrogen-bond donors (Lipinski definition) is 1. The fourth-order valence-electron chi connectivity index (χ4n) is 3.50. The molecule has 0 atom stereocenters. The summed E-state index contributed by atoms with van der Waals surface area (Å²) in [5.41, 5.74) is 4.54. The van der Waals surface area contributed by atoms with Gasteiger partial charge in [-0.05, 0) is 25.0 Å². The number of anilines is 1. The molecule has 1 amide bonds. The van der Waals surface area contributed by atoms with Gasteiger partial charge in [-0.1, -0.05) is 72.0 Å². The van der Waals surface area contributed by atoms with Crippen molar-refractivity contribution in [2.75, 3.05) is 5.32 Å². The van der Waals surface area contributed by atoms with Crippen LogP contribution in [0.3, 0.4) is 0 Å². The van der Waals surface area contributed by atoms with E-state index in [0.717, 1.165) is 21.7 Å². The van der Waals surface area contributed by atoms with Gasteiger partial charge in [-0.25, -0.2) is 4.98 Å². The van der Waals surface area contributed by atoms with Crippen LogP contribution in [0.4, 0.5) is 5.13 Å². The number of hydrogen-bond acceptors (Lipinski definition) is 5. The molecule has 2 aromatic carbocycles. The molecule has 0 unspecified atom stereocenters. The summed E-state index contributed by atoms with van der Waals surface area (Å²) in [5, 5.41) is 7.34. The highest BCUT2D eigenvalue weighted by atomic mass is 32.1. The van der Waals surface area contributed by atoms with Gasteiger partial charge in [-0.3, -0.25) is 19.6 Å². The Morgan fingerprint density at radius 1 is 1.00 bits per heavy atom. The number of rotatable bonds is 6. The van der Waals surface area contributed by atoms with E-state index in [2.05, 4.69) is 15.4 Å². The lowest BCUT2D eigenvalue weighted by atomic mass is 10.1. The van der Waals surface area contributed by atoms with Crippen LogP contribution in [0, 0.1) is 13.8 Å². The van der Waals surface area contributed by atoms with Crippen molar-refractivity contribution in [3.8, 4) is 10.4 Å². The van der Waals surface area contributed by atoms with E-state index in [-0.39, 0.29) is 0 Å². The van der Waals surface area contributed by atoms with Crippen molar-refractivity contribution in [1.82, 2.24) is 14.8 Å². The topological polar surface area (TPSA) is 76.9 Å². The maximum Gasteiger partial charge on any atom is 0.298 e. The van der Waals surface area contributed by atoms with E-state index in [1.165, 1.54) is 11.3 Å². The van der Waals surface area contributed by atoms with E-state index in [4.69, 9.17) is 0 Å². The Balaban J connectivity index is 1.64. The first-order valence-electron chi connectivity index (χ1n) is 9.89. The number of carbonyl (C=O) groups is 2. The Labute approximate surface area is 184 Å². The van der Waals surface area contributed by atoms with Crippen LogP contribution in [0.25, 0.3) is 10.4 Å². The molecule has 1 N–H and O–H groups in total. The number of aromatic nitrogens is 3. The molecular formula is C24H22N4O2S. The predicted molar refractivity (Wildman–Crippen MR) is 122 cm³/mol. The van der Waals surface area contributed by atoms with Gasteiger partial charge < -0.3 is 0 Å². The summed E-state index contributed by atoms with van der Waals surface area (Å²) in [6.07, 6.45) is 0.631. The van der Waals surface area contributed by atoms with E-state index in [1.807, 2.05) is 60.7 Å². The van der Waals surface area contributed by atoms with Crippen LogP contribution in [0.5, 0.6) is 0 Å². The molecule has 0 bridgehead atoms. The van der Waals surface area contributed by atoms with Crippen molar-refractivity contribution in [1.29, 1.82) is 0 Å². The van der Waals surface area contributed by atoms with Crippen LogP contribution >= 0.6 is 11.3 Å². The standard InChI is InChI=1S/C24H22N4O2S/c1-15-20(16(2)28(3)27-15)21(29)23(30)26-24-25-19(14-17-10-6-4-7-11-17)22(31-24)18-12-8-5-9-13-18/h4-13H,14H2,1-3H3,(H,25,26,30). The summed E-state index contributed by atoms with van der Waals surface area (Å²) >= 11 is 1.37. The lowest BCUT2D eigenvalue weighted by molar-refractivity contribution is -0.112. The molecule has 0 radical (unpaired) electrons. The van der Waals surface area contributed by atoms with E-state index < -0.39 is 11.7 Å². The number of aryl methyl sites for hydroxylation is 2. The van der Waals surface area contributed by atoms with Crippen molar-refractivity contribution < 1.29 is 9.59 Å². The Kier molecular flexibility index (Phi) is 5.77. The van der Waals surface area contributed by atoms with Crippen LogP contribution in [0.1, 0.15) is 33.0 Å². The Morgan fingerprint density at radius 2 is 1.65 bits per heavy atom. The largest absolute Gasteiger partial charge is 0.298 e. The molecule has 156 valence electrons. The summed E-state index contributed by atoms with van der Waals surface area (Å²) in [5.74, 6) is -1.32. The Morgan fingerprint density at radius 3 is 2.26 bits per heavy atom. The minimum absolute atomic E-state index is 0.337. The predicted octanol–water partition coefficient (Wildman–Crippen LogP) is 4.57. The first kappa shape index (κ1) is 20.7. The third kappa shape index (κ3) is 4.32. The van der Waals surface area contributed by atoms with Crippen LogP contribution in [0.15, 0.2) is 60.7 Å². The maximum absolute atomic E-state index is 12.8. The van der Waals surface area contributed by atoms with Crippen molar-refractivity contribution in [3.05, 3.63) is 88.9 Å².